The molecule has 0 aliphatic carbocycles. The first-order valence-corrected chi connectivity index (χ1v) is 24.4. The van der Waals surface area contributed by atoms with Crippen molar-refractivity contribution in [3.8, 4) is 0 Å². The second kappa shape index (κ2) is 40.0. The third kappa shape index (κ3) is 30.3. The molecule has 4 rings (SSSR count). The van der Waals surface area contributed by atoms with Crippen LogP contribution in [-0.2, 0) is 95.6 Å². The Labute approximate surface area is 451 Å². The maximum Gasteiger partial charge on any atom is 0.425 e. The van der Waals surface area contributed by atoms with Crippen molar-refractivity contribution in [3.63, 3.8) is 0 Å². The molecule has 4 heterocycles. The summed E-state index contributed by atoms with van der Waals surface area (Å²) >= 11 is 0. The first-order valence-electron chi connectivity index (χ1n) is 24.4. The van der Waals surface area contributed by atoms with Crippen LogP contribution in [0.5, 0.6) is 0 Å². The summed E-state index contributed by atoms with van der Waals surface area (Å²) in [5, 5.41) is 8.22. The van der Waals surface area contributed by atoms with E-state index in [1.54, 1.807) is 5.43 Å². The monoisotopic (exact) mass is 1130 g/mol. The Balaban J connectivity index is 0.000000566. The lowest BCUT2D eigenvalue weighted by atomic mass is 10.3. The Morgan fingerprint density at radius 2 is 0.722 bits per heavy atom. The number of hydrazine groups is 3. The molecule has 0 atom stereocenters. The molecule has 35 heteroatoms. The molecular weight excluding hydrogens is 1060 g/mol. The highest BCUT2D eigenvalue weighted by molar-refractivity contribution is 6.04. The molecule has 0 bridgehead atoms. The van der Waals surface area contributed by atoms with Gasteiger partial charge in [0.1, 0.15) is 0 Å². The fourth-order valence-corrected chi connectivity index (χ4v) is 6.27. The van der Waals surface area contributed by atoms with Crippen LogP contribution in [0.15, 0.2) is 0 Å². The van der Waals surface area contributed by atoms with Gasteiger partial charge >= 0.3 is 18.2 Å². The van der Waals surface area contributed by atoms with Crippen LogP contribution in [0.3, 0.4) is 0 Å². The summed E-state index contributed by atoms with van der Waals surface area (Å²) in [5.41, 5.74) is 7.87. The van der Waals surface area contributed by atoms with Crippen LogP contribution in [0.25, 0.3) is 0 Å². The topological polar surface area (TPSA) is 478 Å². The van der Waals surface area contributed by atoms with Crippen LogP contribution in [0.1, 0.15) is 89.9 Å². The van der Waals surface area contributed by atoms with Crippen LogP contribution in [-0.4, -0.2) is 208 Å². The molecule has 4 fully saturated rings. The molecule has 0 aromatic carbocycles. The van der Waals surface area contributed by atoms with E-state index in [0.717, 1.165) is 14.7 Å². The van der Waals surface area contributed by atoms with Crippen molar-refractivity contribution in [3.05, 3.63) is 0 Å². The van der Waals surface area contributed by atoms with Crippen LogP contribution < -0.4 is 49.3 Å². The predicted octanol–water partition coefficient (Wildman–Crippen LogP) is -5.65. The smallest absolute Gasteiger partial charge is 0.425 e. The lowest BCUT2D eigenvalue weighted by Gasteiger charge is -2.13. The lowest BCUT2D eigenvalue weighted by molar-refractivity contribution is -0.198. The summed E-state index contributed by atoms with van der Waals surface area (Å²) in [5.74, 6) is 4.47. The van der Waals surface area contributed by atoms with Crippen molar-refractivity contribution >= 4 is 94.9 Å². The molecule has 4 saturated heterocycles. The molecule has 0 aromatic heterocycles. The van der Waals surface area contributed by atoms with Crippen molar-refractivity contribution in [2.75, 3.05) is 93.1 Å². The van der Waals surface area contributed by atoms with Gasteiger partial charge in [0.25, 0.3) is 11.8 Å². The number of likely N-dealkylation sites (tertiary alicyclic amines) is 3. The second-order valence-electron chi connectivity index (χ2n) is 16.1. The highest BCUT2D eigenvalue weighted by Crippen LogP contribution is 2.14. The van der Waals surface area contributed by atoms with Gasteiger partial charge in [-0.2, -0.15) is 0 Å². The molecule has 0 unspecified atom stereocenters. The summed E-state index contributed by atoms with van der Waals surface area (Å²) in [6.45, 7) is 1.92. The zero-order chi connectivity index (χ0) is 59.1. The summed E-state index contributed by atoms with van der Waals surface area (Å²) in [7, 11) is 2.40. The molecule has 15 amide bonds. The largest absolute Gasteiger partial charge is 0.452 e. The fourth-order valence-electron chi connectivity index (χ4n) is 6.27. The number of hydrogen-bond donors (Lipinski definition) is 9. The summed E-state index contributed by atoms with van der Waals surface area (Å²) < 4.78 is 23.7. The van der Waals surface area contributed by atoms with E-state index < -0.39 is 35.9 Å². The summed E-state index contributed by atoms with van der Waals surface area (Å²) in [6, 6.07) is 0. The second-order valence-corrected chi connectivity index (χ2v) is 16.1. The van der Waals surface area contributed by atoms with Gasteiger partial charge in [-0.1, -0.05) is 0 Å². The molecular formula is C44H69N13O22. The average Bonchev–Trinajstić information content (AvgIpc) is 4.17. The average molecular weight is 1130 g/mol. The van der Waals surface area contributed by atoms with E-state index in [0.29, 0.717) is 11.6 Å². The van der Waals surface area contributed by atoms with Crippen LogP contribution in [0.2, 0.25) is 0 Å². The number of amides is 15. The normalized spacial score (nSPS) is 14.5. The number of ether oxygens (including phenoxy) is 5. The SMILES string of the molecule is COC(=O)NN.COC(=O)NNC(=O)CCOCCNC(=O)CCN1C(=O)CCC1=O.NNC(=O)CCOCCNC(=O)CCN1C(=O)CCC1=O.O=C(CCN1C(=O)CCC1=O)NCCOCCC(=O)ON1C(=O)CCC1=O. The summed E-state index contributed by atoms with van der Waals surface area (Å²) in [4.78, 5) is 187. The number of imide groups is 4. The number of nitrogens with one attached hydrogen (secondary N) is 7. The Hall–Kier alpha value is -8.28. The van der Waals surface area contributed by atoms with Gasteiger partial charge in [0.05, 0.1) is 73.1 Å². The predicted molar refractivity (Wildman–Crippen MR) is 260 cm³/mol. The van der Waals surface area contributed by atoms with Gasteiger partial charge in [-0.15, -0.1) is 5.06 Å². The van der Waals surface area contributed by atoms with E-state index in [2.05, 4.69) is 41.5 Å². The number of carbonyl (C=O) groups is 16. The fraction of sp³-hybridized carbons (Fsp3) is 0.636. The molecule has 0 saturated carbocycles. The Morgan fingerprint density at radius 3 is 1.04 bits per heavy atom. The van der Waals surface area contributed by atoms with E-state index in [4.69, 9.17) is 20.1 Å². The summed E-state index contributed by atoms with van der Waals surface area (Å²) in [6.07, 6.45) is 0.0601. The molecule has 0 spiro atoms. The third-order valence-corrected chi connectivity index (χ3v) is 10.4. The Morgan fingerprint density at radius 1 is 0.392 bits per heavy atom. The van der Waals surface area contributed by atoms with Gasteiger partial charge in [0, 0.05) is 110 Å². The minimum atomic E-state index is -0.783. The molecule has 79 heavy (non-hydrogen) atoms. The number of methoxy groups -OCH3 is 2. The van der Waals surface area contributed by atoms with E-state index >= 15 is 0 Å². The minimum absolute atomic E-state index is 0.00169. The number of nitrogens with two attached hydrogens (primary N) is 2. The van der Waals surface area contributed by atoms with E-state index in [-0.39, 0.29) is 221 Å². The Bertz CT molecular complexity index is 2090. The maximum absolute atomic E-state index is 11.6. The molecule has 4 aliphatic heterocycles. The van der Waals surface area contributed by atoms with Crippen molar-refractivity contribution in [2.24, 2.45) is 11.7 Å². The van der Waals surface area contributed by atoms with Crippen molar-refractivity contribution in [1.82, 2.24) is 57.4 Å². The minimum Gasteiger partial charge on any atom is -0.452 e. The van der Waals surface area contributed by atoms with Gasteiger partial charge < -0.3 is 44.5 Å². The molecule has 4 aliphatic rings. The quantitative estimate of drug-likeness (QED) is 0.0116. The van der Waals surface area contributed by atoms with Crippen molar-refractivity contribution < 1.29 is 105 Å². The zero-order valence-corrected chi connectivity index (χ0v) is 43.8. The number of nitrogens with zero attached hydrogens (tertiary/aromatic N) is 4. The van der Waals surface area contributed by atoms with Gasteiger partial charge in [-0.3, -0.25) is 93.3 Å². The van der Waals surface area contributed by atoms with Crippen LogP contribution >= 0.6 is 0 Å². The number of hydroxylamine groups is 2. The molecule has 0 aromatic rings. The van der Waals surface area contributed by atoms with Gasteiger partial charge in [-0.05, 0) is 0 Å². The highest BCUT2D eigenvalue weighted by Gasteiger charge is 2.33. The zero-order valence-electron chi connectivity index (χ0n) is 43.8. The molecule has 35 nitrogen and oxygen atoms in total. The first kappa shape index (κ1) is 68.7. The van der Waals surface area contributed by atoms with Crippen LogP contribution in [0.4, 0.5) is 9.59 Å². The van der Waals surface area contributed by atoms with Gasteiger partial charge in [0.2, 0.25) is 65.0 Å². The Kier molecular flexibility index (Phi) is 34.8. The van der Waals surface area contributed by atoms with E-state index in [9.17, 15) is 76.7 Å². The molecule has 0 radical (unpaired) electrons. The molecule has 11 N–H and O–H groups in total. The van der Waals surface area contributed by atoms with Crippen LogP contribution in [0, 0.1) is 0 Å². The first-order chi connectivity index (χ1) is 37.7. The molecule has 442 valence electrons. The van der Waals surface area contributed by atoms with E-state index in [1.165, 1.54) is 14.2 Å². The standard InChI is InChI=1S/C16H21N3O8.C14H22N4O7.C12H20N4O5.C2H6N2O2/c20-11(5-8-18-12(21)1-2-13(18)22)17-7-10-26-9-6-16(25)27-19-14(23)3-4-15(19)24;1-24-14(23)17-16-11(20)5-8-25-9-6-15-10(19)4-7-18-12(21)2-3-13(18)22;13-15-10(18)4-7-21-8-5-14-9(17)3-6-16-11(19)1-2-12(16)20;1-6-2(5)4-3/h1-10H2,(H,17,20);2-9H2,1H3,(H,15,19)(H,16,20)(H,17,23);1-8,13H2,(H,14,17)(H,15,18);3H2,1H3,(H,4,5). The number of rotatable bonds is 28. The van der Waals surface area contributed by atoms with Crippen molar-refractivity contribution in [1.29, 1.82) is 0 Å². The third-order valence-electron chi connectivity index (χ3n) is 10.4. The van der Waals surface area contributed by atoms with Gasteiger partial charge in [0.15, 0.2) is 0 Å². The lowest BCUT2D eigenvalue weighted by Crippen LogP contribution is -2.41. The van der Waals surface area contributed by atoms with Gasteiger partial charge in [-0.25, -0.2) is 31.5 Å². The van der Waals surface area contributed by atoms with Crippen molar-refractivity contribution in [2.45, 2.75) is 89.9 Å². The number of hydrogen-bond acceptors (Lipinski definition) is 24. The highest BCUT2D eigenvalue weighted by atomic mass is 16.7. The van der Waals surface area contributed by atoms with E-state index in [1.807, 2.05) is 10.9 Å². The maximum atomic E-state index is 11.6. The number of carbonyl (C=O) groups excluding carboxylic acids is 16.